The number of nitrogens with one attached hydrogen (secondary N) is 1. The van der Waals surface area contributed by atoms with Gasteiger partial charge in [-0.3, -0.25) is 4.79 Å². The topological polar surface area (TPSA) is 92.8 Å². The third-order valence-electron chi connectivity index (χ3n) is 6.15. The number of esters is 1. The number of benzene rings is 1. The minimum Gasteiger partial charge on any atom is -0.452 e. The van der Waals surface area contributed by atoms with E-state index in [9.17, 15) is 18.0 Å². The van der Waals surface area contributed by atoms with Crippen LogP contribution in [0.3, 0.4) is 0 Å². The molecule has 1 saturated heterocycles. The summed E-state index contributed by atoms with van der Waals surface area (Å²) in [5.41, 5.74) is 0.719. The highest BCUT2D eigenvalue weighted by molar-refractivity contribution is 7.89. The summed E-state index contributed by atoms with van der Waals surface area (Å²) >= 11 is 0. The van der Waals surface area contributed by atoms with Gasteiger partial charge in [-0.2, -0.15) is 4.31 Å². The lowest BCUT2D eigenvalue weighted by atomic mass is 9.86. The van der Waals surface area contributed by atoms with Gasteiger partial charge in [-0.05, 0) is 56.2 Å². The second kappa shape index (κ2) is 9.92. The maximum absolute atomic E-state index is 13.0. The number of ether oxygens (including phenoxy) is 1. The van der Waals surface area contributed by atoms with Gasteiger partial charge in [0, 0.05) is 19.1 Å². The minimum absolute atomic E-state index is 0.116. The van der Waals surface area contributed by atoms with Crippen molar-refractivity contribution in [2.75, 3.05) is 19.7 Å². The summed E-state index contributed by atoms with van der Waals surface area (Å²) < 4.78 is 32.7. The lowest BCUT2D eigenvalue weighted by Crippen LogP contribution is -2.42. The number of aryl methyl sites for hydroxylation is 1. The highest BCUT2D eigenvalue weighted by atomic mass is 32.2. The van der Waals surface area contributed by atoms with E-state index < -0.39 is 16.0 Å². The van der Waals surface area contributed by atoms with Crippen LogP contribution in [0.4, 0.5) is 0 Å². The van der Waals surface area contributed by atoms with Crippen LogP contribution in [-0.4, -0.2) is 50.3 Å². The Labute approximate surface area is 179 Å². The number of amides is 1. The van der Waals surface area contributed by atoms with E-state index in [4.69, 9.17) is 4.74 Å². The van der Waals surface area contributed by atoms with Gasteiger partial charge < -0.3 is 10.1 Å². The molecule has 1 aliphatic carbocycles. The van der Waals surface area contributed by atoms with Crippen LogP contribution in [-0.2, 0) is 19.6 Å². The van der Waals surface area contributed by atoms with Crippen molar-refractivity contribution in [1.82, 2.24) is 9.62 Å². The van der Waals surface area contributed by atoms with E-state index >= 15 is 0 Å². The fourth-order valence-electron chi connectivity index (χ4n) is 4.24. The Morgan fingerprint density at radius 2 is 1.80 bits per heavy atom. The monoisotopic (exact) mass is 436 g/mol. The molecule has 1 amide bonds. The van der Waals surface area contributed by atoms with Crippen LogP contribution in [0.1, 0.15) is 67.8 Å². The fourth-order valence-corrected chi connectivity index (χ4v) is 6.01. The summed E-state index contributed by atoms with van der Waals surface area (Å²) in [7, 11) is -3.66. The predicted molar refractivity (Wildman–Crippen MR) is 114 cm³/mol. The Morgan fingerprint density at radius 3 is 2.50 bits per heavy atom. The Kier molecular flexibility index (Phi) is 7.52. The molecule has 2 fully saturated rings. The number of hydrogen-bond acceptors (Lipinski definition) is 5. The van der Waals surface area contributed by atoms with Gasteiger partial charge in [0.05, 0.1) is 10.5 Å². The lowest BCUT2D eigenvalue weighted by molar-refractivity contribution is -0.125. The van der Waals surface area contributed by atoms with Gasteiger partial charge in [0.2, 0.25) is 10.0 Å². The Morgan fingerprint density at radius 1 is 1.10 bits per heavy atom. The zero-order valence-electron chi connectivity index (χ0n) is 17.9. The molecule has 30 heavy (non-hydrogen) atoms. The van der Waals surface area contributed by atoms with Crippen LogP contribution in [0, 0.1) is 12.8 Å². The number of carbonyl (C=O) groups is 2. The van der Waals surface area contributed by atoms with Gasteiger partial charge in [0.15, 0.2) is 6.61 Å². The van der Waals surface area contributed by atoms with Gasteiger partial charge >= 0.3 is 5.97 Å². The van der Waals surface area contributed by atoms with E-state index in [1.165, 1.54) is 22.9 Å². The molecule has 0 bridgehead atoms. The largest absolute Gasteiger partial charge is 0.452 e. The number of nitrogens with zero attached hydrogens (tertiary/aromatic N) is 1. The molecule has 166 valence electrons. The fraction of sp³-hybridized carbons (Fsp3) is 0.636. The predicted octanol–water partition coefficient (Wildman–Crippen LogP) is 3.02. The van der Waals surface area contributed by atoms with E-state index in [-0.39, 0.29) is 29.0 Å². The molecule has 0 spiro atoms. The van der Waals surface area contributed by atoms with Gasteiger partial charge in [-0.15, -0.1) is 0 Å². The molecule has 2 atom stereocenters. The molecule has 0 radical (unpaired) electrons. The van der Waals surface area contributed by atoms with Crippen molar-refractivity contribution in [2.45, 2.75) is 69.7 Å². The normalized spacial score (nSPS) is 23.0. The van der Waals surface area contributed by atoms with Gasteiger partial charge in [-0.25, -0.2) is 13.2 Å². The van der Waals surface area contributed by atoms with E-state index in [1.807, 2.05) is 0 Å². The van der Waals surface area contributed by atoms with Crippen LogP contribution in [0.2, 0.25) is 0 Å². The first kappa shape index (κ1) is 22.7. The van der Waals surface area contributed by atoms with Crippen LogP contribution in [0.15, 0.2) is 23.1 Å². The molecule has 1 aromatic rings. The molecule has 1 heterocycles. The van der Waals surface area contributed by atoms with Crippen molar-refractivity contribution in [3.05, 3.63) is 29.3 Å². The van der Waals surface area contributed by atoms with Crippen molar-refractivity contribution in [3.63, 3.8) is 0 Å². The summed E-state index contributed by atoms with van der Waals surface area (Å²) in [6.07, 6.45) is 7.01. The first-order chi connectivity index (χ1) is 14.3. The van der Waals surface area contributed by atoms with Crippen molar-refractivity contribution >= 4 is 21.9 Å². The van der Waals surface area contributed by atoms with Crippen LogP contribution < -0.4 is 5.32 Å². The van der Waals surface area contributed by atoms with E-state index in [0.717, 1.165) is 38.5 Å². The summed E-state index contributed by atoms with van der Waals surface area (Å²) in [5.74, 6) is -0.606. The van der Waals surface area contributed by atoms with Gasteiger partial charge in [0.25, 0.3) is 5.91 Å². The average Bonchev–Trinajstić information content (AvgIpc) is 2.74. The maximum Gasteiger partial charge on any atom is 0.338 e. The molecule has 8 heteroatoms. The molecule has 7 nitrogen and oxygen atoms in total. The highest BCUT2D eigenvalue weighted by Gasteiger charge is 2.28. The highest BCUT2D eigenvalue weighted by Crippen LogP contribution is 2.25. The molecule has 2 unspecified atom stereocenters. The maximum atomic E-state index is 13.0. The second-order valence-corrected chi connectivity index (χ2v) is 10.4. The smallest absolute Gasteiger partial charge is 0.338 e. The van der Waals surface area contributed by atoms with Gasteiger partial charge in [-0.1, -0.05) is 32.3 Å². The summed E-state index contributed by atoms with van der Waals surface area (Å²) in [5, 5.41) is 2.94. The minimum atomic E-state index is -3.66. The first-order valence-electron chi connectivity index (χ1n) is 10.9. The van der Waals surface area contributed by atoms with Crippen LogP contribution >= 0.6 is 0 Å². The van der Waals surface area contributed by atoms with Crippen LogP contribution in [0.5, 0.6) is 0 Å². The lowest BCUT2D eigenvalue weighted by Gasteiger charge is -2.29. The zero-order chi connectivity index (χ0) is 21.7. The summed E-state index contributed by atoms with van der Waals surface area (Å²) in [4.78, 5) is 24.8. The van der Waals surface area contributed by atoms with Crippen molar-refractivity contribution in [3.8, 4) is 0 Å². The summed E-state index contributed by atoms with van der Waals surface area (Å²) in [6.45, 7) is 4.45. The molecular weight excluding hydrogens is 404 g/mol. The molecule has 1 aliphatic heterocycles. The van der Waals surface area contributed by atoms with Crippen LogP contribution in [0.25, 0.3) is 0 Å². The number of rotatable bonds is 6. The quantitative estimate of drug-likeness (QED) is 0.692. The standard InChI is InChI=1S/C22H32N2O5S/c1-16-8-4-5-9-19(16)23-21(25)15-29-22(26)18-11-10-17(2)20(14-18)30(27,28)24-12-6-3-7-13-24/h10-11,14,16,19H,3-9,12-13,15H2,1-2H3,(H,23,25). The van der Waals surface area contributed by atoms with Crippen molar-refractivity contribution in [1.29, 1.82) is 0 Å². The second-order valence-electron chi connectivity index (χ2n) is 8.46. The Hall–Kier alpha value is -1.93. The number of piperidine rings is 1. The number of hydrogen-bond donors (Lipinski definition) is 1. The van der Waals surface area contributed by atoms with E-state index in [1.54, 1.807) is 13.0 Å². The first-order valence-corrected chi connectivity index (χ1v) is 12.3. The van der Waals surface area contributed by atoms with E-state index in [2.05, 4.69) is 12.2 Å². The molecular formula is C22H32N2O5S. The molecule has 1 N–H and O–H groups in total. The molecule has 0 aromatic heterocycles. The molecule has 1 aromatic carbocycles. The third-order valence-corrected chi connectivity index (χ3v) is 8.19. The average molecular weight is 437 g/mol. The zero-order valence-corrected chi connectivity index (χ0v) is 18.7. The molecule has 2 aliphatic rings. The third kappa shape index (κ3) is 5.40. The number of carbonyl (C=O) groups excluding carboxylic acids is 2. The van der Waals surface area contributed by atoms with Crippen molar-refractivity contribution in [2.24, 2.45) is 5.92 Å². The van der Waals surface area contributed by atoms with E-state index in [0.29, 0.717) is 24.6 Å². The Bertz CT molecular complexity index is 878. The molecule has 1 saturated carbocycles. The SMILES string of the molecule is Cc1ccc(C(=O)OCC(=O)NC2CCCCC2C)cc1S(=O)(=O)N1CCCCC1. The van der Waals surface area contributed by atoms with Gasteiger partial charge in [0.1, 0.15) is 0 Å². The Balaban J connectivity index is 1.63. The van der Waals surface area contributed by atoms with Crippen molar-refractivity contribution < 1.29 is 22.7 Å². The number of sulfonamides is 1. The summed E-state index contributed by atoms with van der Waals surface area (Å²) in [6, 6.07) is 4.62. The molecule has 3 rings (SSSR count).